The zero-order valence-electron chi connectivity index (χ0n) is 22.6. The first-order valence-electron chi connectivity index (χ1n) is 13.8. The molecular formula is C27H34ClN5O5S3. The molecule has 222 valence electrons. The predicted octanol–water partition coefficient (Wildman–Crippen LogP) is 2.79. The van der Waals surface area contributed by atoms with E-state index in [1.165, 1.54) is 33.6 Å². The minimum atomic E-state index is -3.86. The number of hydrogen-bond donors (Lipinski definition) is 1. The fourth-order valence-electron chi connectivity index (χ4n) is 5.61. The molecule has 2 unspecified atom stereocenters. The zero-order chi connectivity index (χ0) is 29.0. The summed E-state index contributed by atoms with van der Waals surface area (Å²) < 4.78 is 28.3. The third-order valence-electron chi connectivity index (χ3n) is 7.73. The van der Waals surface area contributed by atoms with E-state index in [1.807, 2.05) is 27.3 Å². The number of rotatable bonds is 9. The molecule has 5 heterocycles. The van der Waals surface area contributed by atoms with E-state index in [0.717, 1.165) is 42.8 Å². The molecule has 2 aromatic heterocycles. The number of hydrogen-bond acceptors (Lipinski definition) is 8. The first-order valence-corrected chi connectivity index (χ1v) is 17.4. The normalized spacial score (nSPS) is 22.7. The molecule has 2 aromatic rings. The van der Waals surface area contributed by atoms with E-state index in [4.69, 9.17) is 11.6 Å². The highest BCUT2D eigenvalue weighted by Gasteiger charge is 2.36. The molecule has 0 saturated carbocycles. The van der Waals surface area contributed by atoms with Gasteiger partial charge in [-0.05, 0) is 55.3 Å². The van der Waals surface area contributed by atoms with Crippen molar-refractivity contribution in [3.8, 4) is 0 Å². The fourth-order valence-corrected chi connectivity index (χ4v) is 8.37. The zero-order valence-corrected chi connectivity index (χ0v) is 25.8. The number of amides is 3. The number of nitrogens with one attached hydrogen (secondary N) is 1. The number of halogens is 1. The minimum absolute atomic E-state index is 0.0554. The highest BCUT2D eigenvalue weighted by atomic mass is 35.5. The molecule has 5 rings (SSSR count). The van der Waals surface area contributed by atoms with Crippen LogP contribution in [0.1, 0.15) is 40.2 Å². The Hall–Kier alpha value is -2.29. The van der Waals surface area contributed by atoms with Crippen molar-refractivity contribution in [2.24, 2.45) is 0 Å². The molecule has 0 aromatic carbocycles. The van der Waals surface area contributed by atoms with Gasteiger partial charge in [0.2, 0.25) is 21.8 Å². The van der Waals surface area contributed by atoms with Crippen LogP contribution in [0, 0.1) is 0 Å². The predicted molar refractivity (Wildman–Crippen MR) is 161 cm³/mol. The smallest absolute Gasteiger partial charge is 0.264 e. The van der Waals surface area contributed by atoms with Crippen LogP contribution in [0.15, 0.2) is 35.1 Å². The summed E-state index contributed by atoms with van der Waals surface area (Å²) in [5.74, 6) is -0.402. The molecule has 3 aliphatic heterocycles. The third kappa shape index (κ3) is 7.76. The molecule has 0 aliphatic carbocycles. The summed E-state index contributed by atoms with van der Waals surface area (Å²) in [5.41, 5.74) is 0. The Labute approximate surface area is 253 Å². The van der Waals surface area contributed by atoms with Crippen molar-refractivity contribution in [2.45, 2.75) is 37.8 Å². The number of carbonyl (C=O) groups is 3. The van der Waals surface area contributed by atoms with Gasteiger partial charge < -0.3 is 14.7 Å². The number of piperazine rings is 1. The van der Waals surface area contributed by atoms with E-state index in [0.29, 0.717) is 48.2 Å². The Kier molecular flexibility index (Phi) is 9.82. The molecule has 0 bridgehead atoms. The molecule has 10 nitrogen and oxygen atoms in total. The SMILES string of the molecule is O=C(c1cccs1)N1CCN(CC2CCCN2C(=O)CN2CCCC(NS(=O)(=O)/C=C/c3ccc(Cl)s3)C2=O)CC1. The van der Waals surface area contributed by atoms with Gasteiger partial charge >= 0.3 is 0 Å². The number of thiophene rings is 2. The van der Waals surface area contributed by atoms with Crippen LogP contribution >= 0.6 is 34.3 Å². The van der Waals surface area contributed by atoms with Gasteiger partial charge in [-0.3, -0.25) is 19.3 Å². The lowest BCUT2D eigenvalue weighted by atomic mass is 10.1. The Morgan fingerprint density at radius 2 is 1.83 bits per heavy atom. The maximum atomic E-state index is 13.3. The van der Waals surface area contributed by atoms with Gasteiger partial charge in [0.15, 0.2) is 0 Å². The van der Waals surface area contributed by atoms with Gasteiger partial charge in [0, 0.05) is 62.1 Å². The second-order valence-corrected chi connectivity index (χ2v) is 14.8. The summed E-state index contributed by atoms with van der Waals surface area (Å²) in [6.07, 6.45) is 4.25. The monoisotopic (exact) mass is 639 g/mol. The van der Waals surface area contributed by atoms with Crippen LogP contribution in [-0.4, -0.2) is 110 Å². The lowest BCUT2D eigenvalue weighted by Gasteiger charge is -2.38. The number of nitrogens with zero attached hydrogens (tertiary/aromatic N) is 4. The van der Waals surface area contributed by atoms with E-state index >= 15 is 0 Å². The molecular weight excluding hydrogens is 606 g/mol. The van der Waals surface area contributed by atoms with Crippen molar-refractivity contribution in [3.05, 3.63) is 49.1 Å². The maximum absolute atomic E-state index is 13.3. The Balaban J connectivity index is 1.11. The number of piperidine rings is 1. The van der Waals surface area contributed by atoms with Gasteiger partial charge in [-0.25, -0.2) is 8.42 Å². The van der Waals surface area contributed by atoms with Gasteiger partial charge in [0.1, 0.15) is 6.04 Å². The van der Waals surface area contributed by atoms with Crippen molar-refractivity contribution in [1.82, 2.24) is 24.3 Å². The van der Waals surface area contributed by atoms with Gasteiger partial charge in [0.25, 0.3) is 5.91 Å². The molecule has 1 N–H and O–H groups in total. The molecule has 14 heteroatoms. The van der Waals surface area contributed by atoms with Crippen LogP contribution in [0.3, 0.4) is 0 Å². The van der Waals surface area contributed by atoms with Gasteiger partial charge in [0.05, 0.1) is 15.8 Å². The molecule has 3 saturated heterocycles. The van der Waals surface area contributed by atoms with Crippen LogP contribution in [0.5, 0.6) is 0 Å². The van der Waals surface area contributed by atoms with Crippen LogP contribution in [0.2, 0.25) is 4.34 Å². The Morgan fingerprint density at radius 3 is 2.54 bits per heavy atom. The molecule has 3 amide bonds. The molecule has 41 heavy (non-hydrogen) atoms. The van der Waals surface area contributed by atoms with E-state index in [-0.39, 0.29) is 30.3 Å². The van der Waals surface area contributed by atoms with Gasteiger partial charge in [-0.15, -0.1) is 22.7 Å². The van der Waals surface area contributed by atoms with Crippen molar-refractivity contribution in [1.29, 1.82) is 0 Å². The van der Waals surface area contributed by atoms with E-state index < -0.39 is 16.1 Å². The molecule has 0 radical (unpaired) electrons. The largest absolute Gasteiger partial charge is 0.337 e. The molecule has 0 spiro atoms. The number of carbonyl (C=O) groups excluding carboxylic acids is 3. The topological polar surface area (TPSA) is 110 Å². The average molecular weight is 640 g/mol. The van der Waals surface area contributed by atoms with Crippen molar-refractivity contribution in [3.63, 3.8) is 0 Å². The molecule has 2 atom stereocenters. The summed E-state index contributed by atoms with van der Waals surface area (Å²) in [7, 11) is -3.86. The Bertz CT molecular complexity index is 1370. The van der Waals surface area contributed by atoms with Gasteiger partial charge in [-0.1, -0.05) is 17.7 Å². The van der Waals surface area contributed by atoms with Crippen LogP contribution < -0.4 is 4.72 Å². The first-order chi connectivity index (χ1) is 19.7. The molecule has 3 aliphatic rings. The minimum Gasteiger partial charge on any atom is -0.337 e. The third-order valence-corrected chi connectivity index (χ3v) is 10.9. The number of sulfonamides is 1. The lowest BCUT2D eigenvalue weighted by molar-refractivity contribution is -0.143. The summed E-state index contributed by atoms with van der Waals surface area (Å²) >= 11 is 8.62. The van der Waals surface area contributed by atoms with Crippen molar-refractivity contribution >= 4 is 68.1 Å². The summed E-state index contributed by atoms with van der Waals surface area (Å²) in [6, 6.07) is 6.31. The highest BCUT2D eigenvalue weighted by molar-refractivity contribution is 7.92. The van der Waals surface area contributed by atoms with Gasteiger partial charge in [-0.2, -0.15) is 4.72 Å². The summed E-state index contributed by atoms with van der Waals surface area (Å²) in [6.45, 7) is 4.60. The lowest BCUT2D eigenvalue weighted by Crippen LogP contribution is -2.56. The van der Waals surface area contributed by atoms with E-state index in [9.17, 15) is 22.8 Å². The summed E-state index contributed by atoms with van der Waals surface area (Å²) in [4.78, 5) is 48.1. The van der Waals surface area contributed by atoms with Crippen LogP contribution in [-0.2, 0) is 19.6 Å². The second kappa shape index (κ2) is 13.3. The van der Waals surface area contributed by atoms with E-state index in [2.05, 4.69) is 9.62 Å². The van der Waals surface area contributed by atoms with Crippen LogP contribution in [0.25, 0.3) is 6.08 Å². The quantitative estimate of drug-likeness (QED) is 0.452. The van der Waals surface area contributed by atoms with Crippen LogP contribution in [0.4, 0.5) is 0 Å². The second-order valence-electron chi connectivity index (χ2n) is 10.5. The Morgan fingerprint density at radius 1 is 1.05 bits per heavy atom. The molecule has 3 fully saturated rings. The van der Waals surface area contributed by atoms with Crippen molar-refractivity contribution < 1.29 is 22.8 Å². The average Bonchev–Trinajstić information content (AvgIpc) is 3.73. The van der Waals surface area contributed by atoms with E-state index in [1.54, 1.807) is 12.1 Å². The summed E-state index contributed by atoms with van der Waals surface area (Å²) in [5, 5.41) is 2.95. The highest BCUT2D eigenvalue weighted by Crippen LogP contribution is 2.24. The first kappa shape index (κ1) is 30.2. The standard InChI is InChI=1S/C27H34ClN5O5S3/c28-24-8-7-21(40-24)9-17-41(37,38)29-22-5-2-10-32(26(22)35)19-25(34)33-11-1-4-20(33)18-30-12-14-31(15-13-30)27(36)23-6-3-16-39-23/h3,6-9,16-17,20,22,29H,1-2,4-5,10-15,18-19H2/b17-9+. The van der Waals surface area contributed by atoms with Crippen molar-refractivity contribution in [2.75, 3.05) is 52.4 Å². The number of likely N-dealkylation sites (tertiary alicyclic amines) is 2. The fraction of sp³-hybridized carbons (Fsp3) is 0.519. The maximum Gasteiger partial charge on any atom is 0.264 e.